The topological polar surface area (TPSA) is 93.3 Å². The van der Waals surface area contributed by atoms with Crippen LogP contribution >= 0.6 is 11.8 Å². The van der Waals surface area contributed by atoms with E-state index in [1.165, 1.54) is 12.1 Å². The van der Waals surface area contributed by atoms with Crippen molar-refractivity contribution in [2.45, 2.75) is 28.9 Å². The molecule has 9 heteroatoms. The van der Waals surface area contributed by atoms with E-state index in [4.69, 9.17) is 0 Å². The van der Waals surface area contributed by atoms with Crippen molar-refractivity contribution in [3.05, 3.63) is 78.1 Å². The number of benzene rings is 3. The number of carbonyl (C=O) groups is 2. The van der Waals surface area contributed by atoms with E-state index in [-0.39, 0.29) is 11.6 Å². The third-order valence-corrected chi connectivity index (χ3v) is 6.41. The number of hydrogen-bond acceptors (Lipinski definition) is 5. The molecular formula is C23H22FN3O3S2. The largest absolute Gasteiger partial charge is 0.588 e. The molecule has 0 bridgehead atoms. The van der Waals surface area contributed by atoms with Gasteiger partial charge in [0, 0.05) is 21.4 Å². The third-order valence-electron chi connectivity index (χ3n) is 4.22. The van der Waals surface area contributed by atoms with Crippen LogP contribution in [-0.2, 0) is 16.2 Å². The monoisotopic (exact) mass is 471 g/mol. The highest BCUT2D eigenvalue weighted by molar-refractivity contribution is 8.00. The Morgan fingerprint density at radius 2 is 1.78 bits per heavy atom. The maximum Gasteiger partial charge on any atom is 0.255 e. The second kappa shape index (κ2) is 11.0. The standard InChI is InChI=1S/C23H22FN3O3S2/c1-15(2)31-22-12-7-16(13-21(22)25-14-28)23(29)26-17-8-10-18(11-9-17)32(30)27-20-6-4-3-5-19(20)24/h3-15,27H,1-2H3,(H,25,28)(H,26,29). The van der Waals surface area contributed by atoms with E-state index in [0.29, 0.717) is 33.5 Å². The molecule has 3 rings (SSSR count). The molecule has 0 radical (unpaired) electrons. The van der Waals surface area contributed by atoms with Crippen LogP contribution in [0.15, 0.2) is 76.5 Å². The van der Waals surface area contributed by atoms with Gasteiger partial charge in [0.1, 0.15) is 17.0 Å². The van der Waals surface area contributed by atoms with Gasteiger partial charge in [-0.25, -0.2) is 9.11 Å². The van der Waals surface area contributed by atoms with Gasteiger partial charge in [0.25, 0.3) is 5.91 Å². The van der Waals surface area contributed by atoms with Crippen LogP contribution in [0.25, 0.3) is 0 Å². The summed E-state index contributed by atoms with van der Waals surface area (Å²) >= 11 is -0.0775. The summed E-state index contributed by atoms with van der Waals surface area (Å²) in [5.41, 5.74) is 1.60. The number of anilines is 3. The minimum Gasteiger partial charge on any atom is -0.588 e. The molecule has 0 aliphatic heterocycles. The fraction of sp³-hybridized carbons (Fsp3) is 0.130. The maximum absolute atomic E-state index is 13.7. The summed E-state index contributed by atoms with van der Waals surface area (Å²) in [6.45, 7) is 4.08. The fourth-order valence-electron chi connectivity index (χ4n) is 2.77. The smallest absolute Gasteiger partial charge is 0.255 e. The molecule has 0 saturated carbocycles. The fourth-order valence-corrected chi connectivity index (χ4v) is 4.54. The zero-order valence-corrected chi connectivity index (χ0v) is 19.1. The lowest BCUT2D eigenvalue weighted by Crippen LogP contribution is -2.15. The molecule has 0 aliphatic carbocycles. The van der Waals surface area contributed by atoms with Crippen molar-refractivity contribution < 1.29 is 18.5 Å². The number of halogens is 1. The first-order valence-electron chi connectivity index (χ1n) is 9.72. The van der Waals surface area contributed by atoms with Gasteiger partial charge in [-0.3, -0.25) is 9.59 Å². The minimum atomic E-state index is -1.66. The lowest BCUT2D eigenvalue weighted by molar-refractivity contribution is -0.105. The van der Waals surface area contributed by atoms with Crippen molar-refractivity contribution in [3.63, 3.8) is 0 Å². The highest BCUT2D eigenvalue weighted by atomic mass is 32.2. The number of para-hydroxylation sites is 1. The summed E-state index contributed by atoms with van der Waals surface area (Å²) < 4.78 is 28.8. The predicted octanol–water partition coefficient (Wildman–Crippen LogP) is 5.28. The van der Waals surface area contributed by atoms with E-state index in [1.54, 1.807) is 66.4 Å². The molecule has 1 atom stereocenters. The summed E-state index contributed by atoms with van der Waals surface area (Å²) in [6, 6.07) is 17.5. The first kappa shape index (κ1) is 23.6. The Morgan fingerprint density at radius 1 is 1.06 bits per heavy atom. The summed E-state index contributed by atoms with van der Waals surface area (Å²) in [6.07, 6.45) is 0.579. The second-order valence-electron chi connectivity index (χ2n) is 6.97. The van der Waals surface area contributed by atoms with Crippen LogP contribution in [0.2, 0.25) is 0 Å². The van der Waals surface area contributed by atoms with Gasteiger partial charge in [-0.1, -0.05) is 26.0 Å². The number of amides is 2. The van der Waals surface area contributed by atoms with Crippen LogP contribution in [0.4, 0.5) is 21.5 Å². The number of rotatable bonds is 9. The van der Waals surface area contributed by atoms with E-state index >= 15 is 0 Å². The van der Waals surface area contributed by atoms with Gasteiger partial charge in [0.2, 0.25) is 6.41 Å². The molecule has 3 N–H and O–H groups in total. The van der Waals surface area contributed by atoms with Crippen LogP contribution in [0, 0.1) is 5.82 Å². The quantitative estimate of drug-likeness (QED) is 0.224. The van der Waals surface area contributed by atoms with Crippen molar-refractivity contribution in [1.82, 2.24) is 0 Å². The summed E-state index contributed by atoms with van der Waals surface area (Å²) in [5, 5.41) is 5.73. The highest BCUT2D eigenvalue weighted by Crippen LogP contribution is 2.31. The molecule has 0 aromatic heterocycles. The van der Waals surface area contributed by atoms with E-state index in [2.05, 4.69) is 15.4 Å². The van der Waals surface area contributed by atoms with Crippen molar-refractivity contribution in [2.75, 3.05) is 15.4 Å². The van der Waals surface area contributed by atoms with E-state index in [9.17, 15) is 18.5 Å². The van der Waals surface area contributed by atoms with Crippen LogP contribution in [-0.4, -0.2) is 22.1 Å². The summed E-state index contributed by atoms with van der Waals surface area (Å²) in [4.78, 5) is 24.9. The maximum atomic E-state index is 13.7. The number of nitrogens with one attached hydrogen (secondary N) is 3. The molecule has 3 aromatic carbocycles. The number of carbonyl (C=O) groups excluding carboxylic acids is 2. The van der Waals surface area contributed by atoms with Crippen molar-refractivity contribution in [3.8, 4) is 0 Å². The number of thioether (sulfide) groups is 1. The Labute approximate surface area is 193 Å². The number of hydrogen-bond donors (Lipinski definition) is 3. The van der Waals surface area contributed by atoms with Crippen molar-refractivity contribution in [2.24, 2.45) is 0 Å². The Morgan fingerprint density at radius 3 is 2.44 bits per heavy atom. The first-order chi connectivity index (χ1) is 15.4. The zero-order chi connectivity index (χ0) is 23.1. The van der Waals surface area contributed by atoms with E-state index in [1.807, 2.05) is 13.8 Å². The van der Waals surface area contributed by atoms with Gasteiger partial charge in [-0.05, 0) is 54.6 Å². The molecule has 32 heavy (non-hydrogen) atoms. The predicted molar refractivity (Wildman–Crippen MR) is 128 cm³/mol. The molecule has 0 heterocycles. The van der Waals surface area contributed by atoms with Crippen LogP contribution in [0.3, 0.4) is 0 Å². The Kier molecular flexibility index (Phi) is 8.15. The molecule has 0 spiro atoms. The summed E-state index contributed by atoms with van der Waals surface area (Å²) in [7, 11) is 0. The molecule has 166 valence electrons. The highest BCUT2D eigenvalue weighted by Gasteiger charge is 2.15. The van der Waals surface area contributed by atoms with Crippen molar-refractivity contribution >= 4 is 52.5 Å². The zero-order valence-electron chi connectivity index (χ0n) is 17.4. The SMILES string of the molecule is CC(C)Sc1ccc(C(=O)Nc2ccc([S+]([O-])Nc3ccccc3F)cc2)cc1NC=O. The second-order valence-corrected chi connectivity index (χ2v) is 9.80. The minimum absolute atomic E-state index is 0.141. The van der Waals surface area contributed by atoms with Gasteiger partial charge in [-0.2, -0.15) is 0 Å². The van der Waals surface area contributed by atoms with Gasteiger partial charge >= 0.3 is 0 Å². The van der Waals surface area contributed by atoms with Gasteiger partial charge in [0.05, 0.1) is 5.69 Å². The van der Waals surface area contributed by atoms with E-state index < -0.39 is 17.2 Å². The molecular weight excluding hydrogens is 449 g/mol. The first-order valence-corrected chi connectivity index (χ1v) is 11.8. The average molecular weight is 472 g/mol. The molecule has 3 aromatic rings. The lowest BCUT2D eigenvalue weighted by Gasteiger charge is -2.13. The Hall–Kier alpha value is -3.01. The van der Waals surface area contributed by atoms with Crippen LogP contribution in [0.5, 0.6) is 0 Å². The van der Waals surface area contributed by atoms with Crippen LogP contribution < -0.4 is 15.4 Å². The molecule has 2 amide bonds. The third kappa shape index (κ3) is 6.25. The van der Waals surface area contributed by atoms with Crippen molar-refractivity contribution in [1.29, 1.82) is 0 Å². The van der Waals surface area contributed by atoms with Gasteiger partial charge in [-0.15, -0.1) is 11.8 Å². The Bertz CT molecular complexity index is 1090. The molecule has 1 unspecified atom stereocenters. The molecule has 0 aliphatic rings. The average Bonchev–Trinajstić information content (AvgIpc) is 2.77. The normalized spacial score (nSPS) is 11.7. The van der Waals surface area contributed by atoms with Crippen LogP contribution in [0.1, 0.15) is 24.2 Å². The van der Waals surface area contributed by atoms with Gasteiger partial charge < -0.3 is 15.2 Å². The Balaban J connectivity index is 1.68. The molecule has 6 nitrogen and oxygen atoms in total. The lowest BCUT2D eigenvalue weighted by atomic mass is 10.2. The van der Waals surface area contributed by atoms with E-state index in [0.717, 1.165) is 4.90 Å². The molecule has 0 saturated heterocycles. The summed E-state index contributed by atoms with van der Waals surface area (Å²) in [5.74, 6) is -0.843. The van der Waals surface area contributed by atoms with Gasteiger partial charge in [0.15, 0.2) is 10.7 Å². The molecule has 0 fully saturated rings.